The predicted molar refractivity (Wildman–Crippen MR) is 120 cm³/mol. The summed E-state index contributed by atoms with van der Waals surface area (Å²) in [6, 6.07) is 7.80. The lowest BCUT2D eigenvalue weighted by Gasteiger charge is -2.26. The molecule has 1 fully saturated rings. The minimum absolute atomic E-state index is 0.0514. The molecule has 8 nitrogen and oxygen atoms in total. The van der Waals surface area contributed by atoms with Crippen molar-refractivity contribution in [1.29, 1.82) is 0 Å². The molecule has 1 aromatic carbocycles. The van der Waals surface area contributed by atoms with Gasteiger partial charge in [-0.15, -0.1) is 0 Å². The third-order valence-corrected chi connectivity index (χ3v) is 5.70. The molecule has 158 valence electrons. The molecule has 4 rings (SSSR count). The number of hydrogen-bond acceptors (Lipinski definition) is 7. The normalized spacial score (nSPS) is 18.7. The van der Waals surface area contributed by atoms with Crippen LogP contribution in [-0.4, -0.2) is 72.1 Å². The highest BCUT2D eigenvalue weighted by Gasteiger charge is 2.38. The number of likely N-dealkylation sites (N-methyl/N-ethyl adjacent to an activating group) is 1. The number of nitrogens with two attached hydrogens (primary N) is 1. The third-order valence-electron chi connectivity index (χ3n) is 5.45. The van der Waals surface area contributed by atoms with E-state index < -0.39 is 0 Å². The Bertz CT molecular complexity index is 947. The van der Waals surface area contributed by atoms with E-state index in [9.17, 15) is 4.79 Å². The van der Waals surface area contributed by atoms with Crippen molar-refractivity contribution in [2.24, 2.45) is 0 Å². The number of aromatic nitrogens is 2. The van der Waals surface area contributed by atoms with Gasteiger partial charge in [-0.1, -0.05) is 17.7 Å². The first-order valence-electron chi connectivity index (χ1n) is 9.94. The highest BCUT2D eigenvalue weighted by atomic mass is 35.5. The van der Waals surface area contributed by atoms with Crippen molar-refractivity contribution in [3.05, 3.63) is 47.8 Å². The Morgan fingerprint density at radius 3 is 2.80 bits per heavy atom. The van der Waals surface area contributed by atoms with Gasteiger partial charge in [0, 0.05) is 36.4 Å². The second-order valence-electron chi connectivity index (χ2n) is 7.84. The van der Waals surface area contributed by atoms with Crippen LogP contribution < -0.4 is 15.5 Å². The molecule has 1 saturated heterocycles. The maximum Gasteiger partial charge on any atom is 0.246 e. The summed E-state index contributed by atoms with van der Waals surface area (Å²) in [5.41, 5.74) is 8.00. The number of amides is 1. The number of likely N-dealkylation sites (tertiary alicyclic amines) is 1. The van der Waals surface area contributed by atoms with E-state index in [0.717, 1.165) is 36.7 Å². The molecule has 0 unspecified atom stereocenters. The average Bonchev–Trinajstić information content (AvgIpc) is 3.34. The summed E-state index contributed by atoms with van der Waals surface area (Å²) in [6.45, 7) is 2.73. The van der Waals surface area contributed by atoms with Crippen LogP contribution in [0, 0.1) is 0 Å². The van der Waals surface area contributed by atoms with Gasteiger partial charge in [-0.25, -0.2) is 9.97 Å². The number of carbonyl (C=O) groups excluding carboxylic acids is 1. The zero-order chi connectivity index (χ0) is 21.3. The number of nitrogens with zero attached hydrogens (tertiary/aromatic N) is 6. The van der Waals surface area contributed by atoms with Crippen molar-refractivity contribution in [1.82, 2.24) is 19.8 Å². The highest BCUT2D eigenvalue weighted by Crippen LogP contribution is 2.43. The number of fused-ring (bicyclic) bond motifs is 1. The molecule has 0 bridgehead atoms. The largest absolute Gasteiger partial charge is 0.382 e. The topological polar surface area (TPSA) is 81.8 Å². The fourth-order valence-electron chi connectivity index (χ4n) is 3.93. The second-order valence-corrected chi connectivity index (χ2v) is 8.27. The molecular weight excluding hydrogens is 402 g/mol. The Kier molecular flexibility index (Phi) is 5.78. The quantitative estimate of drug-likeness (QED) is 0.733. The van der Waals surface area contributed by atoms with Crippen LogP contribution in [-0.2, 0) is 4.79 Å². The monoisotopic (exact) mass is 427 g/mol. The molecule has 30 heavy (non-hydrogen) atoms. The number of hydrogen-bond donors (Lipinski definition) is 1. The highest BCUT2D eigenvalue weighted by molar-refractivity contribution is 6.30. The zero-order valence-corrected chi connectivity index (χ0v) is 18.0. The third kappa shape index (κ3) is 4.06. The first-order chi connectivity index (χ1) is 14.4. The van der Waals surface area contributed by atoms with Gasteiger partial charge in [0.15, 0.2) is 11.6 Å². The Labute approximate surface area is 181 Å². The Morgan fingerprint density at radius 1 is 1.30 bits per heavy atom. The lowest BCUT2D eigenvalue weighted by Crippen LogP contribution is -2.40. The van der Waals surface area contributed by atoms with Crippen LogP contribution >= 0.6 is 11.6 Å². The van der Waals surface area contributed by atoms with Crippen molar-refractivity contribution >= 4 is 40.5 Å². The van der Waals surface area contributed by atoms with E-state index in [0.29, 0.717) is 24.1 Å². The number of rotatable bonds is 5. The van der Waals surface area contributed by atoms with Gasteiger partial charge in [0.1, 0.15) is 12.0 Å². The van der Waals surface area contributed by atoms with E-state index in [1.807, 2.05) is 54.2 Å². The molecule has 2 aliphatic rings. The van der Waals surface area contributed by atoms with Gasteiger partial charge in [0.25, 0.3) is 0 Å². The number of nitrogen functional groups attached to an aromatic ring is 1. The summed E-state index contributed by atoms with van der Waals surface area (Å²) < 4.78 is 0. The lowest BCUT2D eigenvalue weighted by molar-refractivity contribution is -0.125. The first kappa shape index (κ1) is 20.4. The fraction of sp³-hybridized carbons (Fsp3) is 0.381. The van der Waals surface area contributed by atoms with Gasteiger partial charge in [-0.2, -0.15) is 0 Å². The van der Waals surface area contributed by atoms with Gasteiger partial charge >= 0.3 is 0 Å². The van der Waals surface area contributed by atoms with E-state index in [1.165, 1.54) is 6.33 Å². The number of halogens is 1. The van der Waals surface area contributed by atoms with Crippen LogP contribution in [0.3, 0.4) is 0 Å². The summed E-state index contributed by atoms with van der Waals surface area (Å²) in [6.07, 6.45) is 5.94. The van der Waals surface area contributed by atoms with Crippen molar-refractivity contribution in [2.45, 2.75) is 12.5 Å². The smallest absolute Gasteiger partial charge is 0.246 e. The molecule has 2 aromatic rings. The van der Waals surface area contributed by atoms with E-state index in [1.54, 1.807) is 6.08 Å². The molecule has 0 aliphatic carbocycles. The van der Waals surface area contributed by atoms with E-state index in [2.05, 4.69) is 19.8 Å². The van der Waals surface area contributed by atoms with Gasteiger partial charge < -0.3 is 25.3 Å². The number of benzene rings is 1. The molecule has 1 amide bonds. The molecule has 2 N–H and O–H groups in total. The fourth-order valence-corrected chi connectivity index (χ4v) is 4.05. The van der Waals surface area contributed by atoms with Crippen LogP contribution in [0.4, 0.5) is 23.0 Å². The standard InChI is InChI=1S/C21H26ClN7O/c1-26(2)10-3-4-18(30)27-11-9-17(12-27)29-14-28(16-7-5-15(22)6-8-16)19-20(23)24-13-25-21(19)29/h3-8,13,17H,9-12,14H2,1-2H3,(H2,23,24,25)/b4-3+/t17-/m1/s1. The number of anilines is 4. The summed E-state index contributed by atoms with van der Waals surface area (Å²) in [5, 5.41) is 0.680. The van der Waals surface area contributed by atoms with E-state index >= 15 is 0 Å². The van der Waals surface area contributed by atoms with Crippen LogP contribution in [0.5, 0.6) is 0 Å². The molecule has 1 atom stereocenters. The summed E-state index contributed by atoms with van der Waals surface area (Å²) >= 11 is 6.06. The molecule has 9 heteroatoms. The van der Waals surface area contributed by atoms with Gasteiger partial charge in [-0.05, 0) is 44.8 Å². The van der Waals surface area contributed by atoms with Crippen molar-refractivity contribution in [2.75, 3.05) is 55.9 Å². The summed E-state index contributed by atoms with van der Waals surface area (Å²) in [4.78, 5) is 29.5. The van der Waals surface area contributed by atoms with Crippen LogP contribution in [0.2, 0.25) is 5.02 Å². The SMILES string of the molecule is CN(C)C/C=C/C(=O)N1CC[C@@H](N2CN(c3ccc(Cl)cc3)c3c(N)ncnc32)C1. The predicted octanol–water partition coefficient (Wildman–Crippen LogP) is 2.35. The average molecular weight is 428 g/mol. The molecule has 0 radical (unpaired) electrons. The maximum atomic E-state index is 12.5. The lowest BCUT2D eigenvalue weighted by atomic mass is 10.2. The molecule has 0 saturated carbocycles. The van der Waals surface area contributed by atoms with E-state index in [4.69, 9.17) is 17.3 Å². The molecular formula is C21H26ClN7O. The van der Waals surface area contributed by atoms with Crippen molar-refractivity contribution in [3.63, 3.8) is 0 Å². The van der Waals surface area contributed by atoms with Gasteiger partial charge in [0.05, 0.1) is 12.7 Å². The first-order valence-corrected chi connectivity index (χ1v) is 10.3. The van der Waals surface area contributed by atoms with Crippen LogP contribution in [0.25, 0.3) is 0 Å². The van der Waals surface area contributed by atoms with Crippen LogP contribution in [0.15, 0.2) is 42.7 Å². The Morgan fingerprint density at radius 2 is 2.07 bits per heavy atom. The Balaban J connectivity index is 1.53. The second kappa shape index (κ2) is 8.49. The minimum Gasteiger partial charge on any atom is -0.382 e. The van der Waals surface area contributed by atoms with E-state index in [-0.39, 0.29) is 11.9 Å². The molecule has 1 aromatic heterocycles. The summed E-state index contributed by atoms with van der Waals surface area (Å²) in [7, 11) is 3.96. The zero-order valence-electron chi connectivity index (χ0n) is 17.2. The number of carbonyl (C=O) groups is 1. The molecule has 3 heterocycles. The van der Waals surface area contributed by atoms with Crippen molar-refractivity contribution < 1.29 is 4.79 Å². The Hall–Kier alpha value is -2.84. The molecule has 2 aliphatic heterocycles. The minimum atomic E-state index is 0.0514. The summed E-state index contributed by atoms with van der Waals surface area (Å²) in [5.74, 6) is 1.30. The van der Waals surface area contributed by atoms with Crippen LogP contribution in [0.1, 0.15) is 6.42 Å². The van der Waals surface area contributed by atoms with Crippen molar-refractivity contribution in [3.8, 4) is 0 Å². The van der Waals surface area contributed by atoms with Gasteiger partial charge in [0.2, 0.25) is 5.91 Å². The van der Waals surface area contributed by atoms with Gasteiger partial charge in [-0.3, -0.25) is 4.79 Å². The maximum absolute atomic E-state index is 12.5. The molecule has 0 spiro atoms.